The van der Waals surface area contributed by atoms with Gasteiger partial charge in [-0.05, 0) is 49.7 Å². The highest BCUT2D eigenvalue weighted by Gasteiger charge is 2.07. The SMILES string of the molecule is Cc1cc(Nc2ccc(C(=O)O)cc2)c2cccc(C)c2n1. The molecule has 2 aromatic carbocycles. The van der Waals surface area contributed by atoms with Crippen molar-refractivity contribution in [3.63, 3.8) is 0 Å². The van der Waals surface area contributed by atoms with Gasteiger partial charge in [0.15, 0.2) is 0 Å². The molecule has 0 saturated carbocycles. The quantitative estimate of drug-likeness (QED) is 0.755. The molecule has 4 heteroatoms. The first-order valence-electron chi connectivity index (χ1n) is 7.02. The van der Waals surface area contributed by atoms with Crippen LogP contribution in [0.3, 0.4) is 0 Å². The molecule has 0 aliphatic carbocycles. The Balaban J connectivity index is 2.03. The van der Waals surface area contributed by atoms with E-state index in [0.717, 1.165) is 33.5 Å². The van der Waals surface area contributed by atoms with E-state index in [1.807, 2.05) is 38.1 Å². The Morgan fingerprint density at radius 3 is 2.50 bits per heavy atom. The van der Waals surface area contributed by atoms with Crippen molar-refractivity contribution in [3.8, 4) is 0 Å². The highest BCUT2D eigenvalue weighted by atomic mass is 16.4. The van der Waals surface area contributed by atoms with Crippen LogP contribution in [0.25, 0.3) is 10.9 Å². The summed E-state index contributed by atoms with van der Waals surface area (Å²) >= 11 is 0. The molecule has 0 atom stereocenters. The molecule has 0 aliphatic heterocycles. The molecule has 2 N–H and O–H groups in total. The number of rotatable bonds is 3. The highest BCUT2D eigenvalue weighted by molar-refractivity contribution is 5.95. The maximum atomic E-state index is 10.9. The Kier molecular flexibility index (Phi) is 3.51. The number of hydrogen-bond acceptors (Lipinski definition) is 3. The fourth-order valence-corrected chi connectivity index (χ4v) is 2.48. The molecule has 0 spiro atoms. The fraction of sp³-hybridized carbons (Fsp3) is 0.111. The molecule has 3 aromatic rings. The molecule has 1 aromatic heterocycles. The van der Waals surface area contributed by atoms with Gasteiger partial charge in [0.1, 0.15) is 0 Å². The summed E-state index contributed by atoms with van der Waals surface area (Å²) in [5.41, 5.74) is 5.13. The Labute approximate surface area is 128 Å². The summed E-state index contributed by atoms with van der Waals surface area (Å²) in [6.45, 7) is 4.00. The summed E-state index contributed by atoms with van der Waals surface area (Å²) in [6, 6.07) is 14.8. The van der Waals surface area contributed by atoms with Crippen molar-refractivity contribution in [2.24, 2.45) is 0 Å². The van der Waals surface area contributed by atoms with Crippen molar-refractivity contribution in [2.75, 3.05) is 5.32 Å². The summed E-state index contributed by atoms with van der Waals surface area (Å²) < 4.78 is 0. The van der Waals surface area contributed by atoms with Gasteiger partial charge in [-0.25, -0.2) is 4.79 Å². The summed E-state index contributed by atoms with van der Waals surface area (Å²) in [5.74, 6) is -0.924. The molecule has 0 amide bonds. The van der Waals surface area contributed by atoms with Crippen LogP contribution in [0.2, 0.25) is 0 Å². The summed E-state index contributed by atoms with van der Waals surface area (Å²) in [7, 11) is 0. The zero-order chi connectivity index (χ0) is 15.7. The van der Waals surface area contributed by atoms with Gasteiger partial charge in [0.2, 0.25) is 0 Å². The molecule has 0 bridgehead atoms. The molecule has 0 unspecified atom stereocenters. The number of benzene rings is 2. The van der Waals surface area contributed by atoms with Crippen molar-refractivity contribution < 1.29 is 9.90 Å². The summed E-state index contributed by atoms with van der Waals surface area (Å²) in [6.07, 6.45) is 0. The molecule has 0 saturated heterocycles. The van der Waals surface area contributed by atoms with Crippen molar-refractivity contribution in [1.82, 2.24) is 4.98 Å². The molecule has 0 radical (unpaired) electrons. The first-order valence-corrected chi connectivity index (χ1v) is 7.02. The Morgan fingerprint density at radius 2 is 1.82 bits per heavy atom. The monoisotopic (exact) mass is 292 g/mol. The van der Waals surface area contributed by atoms with E-state index in [0.29, 0.717) is 0 Å². The molecule has 1 heterocycles. The predicted molar refractivity (Wildman–Crippen MR) is 87.9 cm³/mol. The number of fused-ring (bicyclic) bond motifs is 1. The van der Waals surface area contributed by atoms with Crippen LogP contribution in [0, 0.1) is 13.8 Å². The van der Waals surface area contributed by atoms with Crippen LogP contribution in [0.15, 0.2) is 48.5 Å². The number of pyridine rings is 1. The lowest BCUT2D eigenvalue weighted by Crippen LogP contribution is -1.98. The number of para-hydroxylation sites is 1. The van der Waals surface area contributed by atoms with Gasteiger partial charge < -0.3 is 10.4 Å². The molecule has 0 fully saturated rings. The van der Waals surface area contributed by atoms with Gasteiger partial charge in [-0.2, -0.15) is 0 Å². The number of aromatic nitrogens is 1. The van der Waals surface area contributed by atoms with Gasteiger partial charge in [0, 0.05) is 22.5 Å². The van der Waals surface area contributed by atoms with Crippen LogP contribution < -0.4 is 5.32 Å². The molecule has 110 valence electrons. The van der Waals surface area contributed by atoms with Crippen LogP contribution in [0.1, 0.15) is 21.6 Å². The van der Waals surface area contributed by atoms with E-state index in [1.54, 1.807) is 24.3 Å². The van der Waals surface area contributed by atoms with Gasteiger partial charge in [-0.1, -0.05) is 18.2 Å². The van der Waals surface area contributed by atoms with Crippen molar-refractivity contribution in [2.45, 2.75) is 13.8 Å². The first-order chi connectivity index (χ1) is 10.5. The molecular formula is C18H16N2O2. The summed E-state index contributed by atoms with van der Waals surface area (Å²) in [5, 5.41) is 13.3. The third-order valence-corrected chi connectivity index (χ3v) is 3.58. The van der Waals surface area contributed by atoms with Crippen LogP contribution in [0.4, 0.5) is 11.4 Å². The number of carboxylic acids is 1. The second kappa shape index (κ2) is 5.48. The lowest BCUT2D eigenvalue weighted by molar-refractivity contribution is 0.0697. The molecule has 4 nitrogen and oxygen atoms in total. The van der Waals surface area contributed by atoms with E-state index < -0.39 is 5.97 Å². The van der Waals surface area contributed by atoms with Gasteiger partial charge in [0.05, 0.1) is 11.1 Å². The van der Waals surface area contributed by atoms with Crippen molar-refractivity contribution in [1.29, 1.82) is 0 Å². The minimum Gasteiger partial charge on any atom is -0.478 e. The number of aromatic carboxylic acids is 1. The van der Waals surface area contributed by atoms with Crippen LogP contribution in [-0.2, 0) is 0 Å². The molecule has 22 heavy (non-hydrogen) atoms. The standard InChI is InChI=1S/C18H16N2O2/c1-11-4-3-5-15-16(10-12(2)19-17(11)15)20-14-8-6-13(7-9-14)18(21)22/h3-10H,1-2H3,(H,19,20)(H,21,22). The van der Waals surface area contributed by atoms with E-state index in [1.165, 1.54) is 0 Å². The average molecular weight is 292 g/mol. The van der Waals surface area contributed by atoms with Crippen LogP contribution in [-0.4, -0.2) is 16.1 Å². The second-order valence-corrected chi connectivity index (χ2v) is 5.29. The van der Waals surface area contributed by atoms with Crippen molar-refractivity contribution >= 4 is 28.2 Å². The number of nitrogens with one attached hydrogen (secondary N) is 1. The maximum Gasteiger partial charge on any atom is 0.335 e. The number of carbonyl (C=O) groups is 1. The van der Waals surface area contributed by atoms with Gasteiger partial charge in [-0.3, -0.25) is 4.98 Å². The van der Waals surface area contributed by atoms with E-state index >= 15 is 0 Å². The number of carboxylic acid groups (broad SMARTS) is 1. The summed E-state index contributed by atoms with van der Waals surface area (Å²) in [4.78, 5) is 15.5. The maximum absolute atomic E-state index is 10.9. The third-order valence-electron chi connectivity index (χ3n) is 3.58. The zero-order valence-corrected chi connectivity index (χ0v) is 12.4. The lowest BCUT2D eigenvalue weighted by atomic mass is 10.1. The second-order valence-electron chi connectivity index (χ2n) is 5.29. The van der Waals surface area contributed by atoms with E-state index in [-0.39, 0.29) is 5.56 Å². The van der Waals surface area contributed by atoms with Crippen LogP contribution in [0.5, 0.6) is 0 Å². The van der Waals surface area contributed by atoms with Gasteiger partial charge >= 0.3 is 5.97 Å². The minimum absolute atomic E-state index is 0.275. The normalized spacial score (nSPS) is 10.6. The van der Waals surface area contributed by atoms with Crippen LogP contribution >= 0.6 is 0 Å². The fourth-order valence-electron chi connectivity index (χ4n) is 2.48. The lowest BCUT2D eigenvalue weighted by Gasteiger charge is -2.12. The predicted octanol–water partition coefficient (Wildman–Crippen LogP) is 4.29. The van der Waals surface area contributed by atoms with E-state index in [9.17, 15) is 4.79 Å². The average Bonchev–Trinajstić information content (AvgIpc) is 2.49. The Morgan fingerprint density at radius 1 is 1.09 bits per heavy atom. The van der Waals surface area contributed by atoms with E-state index in [2.05, 4.69) is 10.3 Å². The van der Waals surface area contributed by atoms with E-state index in [4.69, 9.17) is 5.11 Å². The Hall–Kier alpha value is -2.88. The van der Waals surface area contributed by atoms with Gasteiger partial charge in [-0.15, -0.1) is 0 Å². The molecule has 0 aliphatic rings. The highest BCUT2D eigenvalue weighted by Crippen LogP contribution is 2.28. The smallest absolute Gasteiger partial charge is 0.335 e. The third kappa shape index (κ3) is 2.63. The minimum atomic E-state index is -0.924. The Bertz CT molecular complexity index is 855. The molecule has 3 rings (SSSR count). The number of nitrogens with zero attached hydrogens (tertiary/aromatic N) is 1. The first kappa shape index (κ1) is 14.1. The topological polar surface area (TPSA) is 62.2 Å². The van der Waals surface area contributed by atoms with Gasteiger partial charge in [0.25, 0.3) is 0 Å². The largest absolute Gasteiger partial charge is 0.478 e. The number of anilines is 2. The number of aryl methyl sites for hydroxylation is 2. The van der Waals surface area contributed by atoms with Crippen molar-refractivity contribution in [3.05, 3.63) is 65.4 Å². The zero-order valence-electron chi connectivity index (χ0n) is 12.4. The number of hydrogen-bond donors (Lipinski definition) is 2. The molecular weight excluding hydrogens is 276 g/mol.